The van der Waals surface area contributed by atoms with Gasteiger partial charge in [-0.1, -0.05) is 6.42 Å². The fraction of sp³-hybridized carbons (Fsp3) is 0.667. The highest BCUT2D eigenvalue weighted by Gasteiger charge is 2.20. The lowest BCUT2D eigenvalue weighted by atomic mass is 10.1. The second-order valence-corrected chi connectivity index (χ2v) is 8.05. The molecule has 102 valence electrons. The Labute approximate surface area is 113 Å². The molecule has 1 atom stereocenters. The summed E-state index contributed by atoms with van der Waals surface area (Å²) in [7, 11) is -3.33. The van der Waals surface area contributed by atoms with Crippen LogP contribution in [0.5, 0.6) is 0 Å². The molecule has 0 unspecified atom stereocenters. The maximum absolute atomic E-state index is 12.1. The first-order valence-electron chi connectivity index (χ1n) is 6.29. The van der Waals surface area contributed by atoms with Gasteiger partial charge in [-0.25, -0.2) is 13.1 Å². The summed E-state index contributed by atoms with van der Waals surface area (Å²) in [6, 6.07) is 2.02. The maximum Gasteiger partial charge on any atom is 0.250 e. The van der Waals surface area contributed by atoms with Gasteiger partial charge in [-0.3, -0.25) is 0 Å². The van der Waals surface area contributed by atoms with E-state index in [0.29, 0.717) is 10.8 Å². The molecule has 1 aromatic heterocycles. The van der Waals surface area contributed by atoms with Gasteiger partial charge in [0.25, 0.3) is 0 Å². The summed E-state index contributed by atoms with van der Waals surface area (Å²) in [6.07, 6.45) is 3.41. The van der Waals surface area contributed by atoms with Gasteiger partial charge in [0.15, 0.2) is 0 Å². The molecule has 0 spiro atoms. The average Bonchev–Trinajstić information content (AvgIpc) is 2.70. The number of sulfonamides is 1. The molecule has 2 N–H and O–H groups in total. The minimum atomic E-state index is -3.33. The number of aryl methyl sites for hydroxylation is 2. The third-order valence-corrected chi connectivity index (χ3v) is 6.39. The molecule has 1 fully saturated rings. The SMILES string of the molecule is Cc1cc(S(=O)(=O)NC[C@H]2CCCCN2)sc1C. The van der Waals surface area contributed by atoms with E-state index in [-0.39, 0.29) is 6.04 Å². The van der Waals surface area contributed by atoms with Gasteiger partial charge in [0.1, 0.15) is 4.21 Å². The Hall–Kier alpha value is -0.430. The largest absolute Gasteiger partial charge is 0.313 e. The van der Waals surface area contributed by atoms with Crippen molar-refractivity contribution in [3.05, 3.63) is 16.5 Å². The van der Waals surface area contributed by atoms with Crippen molar-refractivity contribution in [1.82, 2.24) is 10.0 Å². The highest BCUT2D eigenvalue weighted by molar-refractivity contribution is 7.91. The zero-order chi connectivity index (χ0) is 13.2. The van der Waals surface area contributed by atoms with Gasteiger partial charge >= 0.3 is 0 Å². The third kappa shape index (κ3) is 3.32. The number of hydrogen-bond donors (Lipinski definition) is 2. The lowest BCUT2D eigenvalue weighted by Crippen LogP contribution is -2.43. The van der Waals surface area contributed by atoms with Gasteiger partial charge in [0.05, 0.1) is 0 Å². The summed E-state index contributed by atoms with van der Waals surface area (Å²) in [6.45, 7) is 5.36. The minimum Gasteiger partial charge on any atom is -0.313 e. The molecule has 4 nitrogen and oxygen atoms in total. The maximum atomic E-state index is 12.1. The first-order chi connectivity index (χ1) is 8.49. The molecular formula is C12H20N2O2S2. The fourth-order valence-electron chi connectivity index (χ4n) is 2.05. The van der Waals surface area contributed by atoms with Crippen LogP contribution in [0.25, 0.3) is 0 Å². The summed E-state index contributed by atoms with van der Waals surface area (Å²) in [5.41, 5.74) is 1.04. The summed E-state index contributed by atoms with van der Waals surface area (Å²) in [5.74, 6) is 0. The predicted octanol–water partition coefficient (Wildman–Crippen LogP) is 1.79. The molecule has 1 aliphatic rings. The molecule has 0 amide bonds. The number of thiophene rings is 1. The third-order valence-electron chi connectivity index (χ3n) is 3.34. The van der Waals surface area contributed by atoms with Crippen molar-refractivity contribution in [2.45, 2.75) is 43.4 Å². The summed E-state index contributed by atoms with van der Waals surface area (Å²) < 4.78 is 27.4. The molecule has 2 heterocycles. The average molecular weight is 288 g/mol. The van der Waals surface area contributed by atoms with E-state index in [9.17, 15) is 8.42 Å². The zero-order valence-corrected chi connectivity index (χ0v) is 12.5. The van der Waals surface area contributed by atoms with Gasteiger partial charge in [-0.05, 0) is 44.9 Å². The Balaban J connectivity index is 1.98. The Morgan fingerprint density at radius 1 is 1.44 bits per heavy atom. The topological polar surface area (TPSA) is 58.2 Å². The van der Waals surface area contributed by atoms with E-state index in [0.717, 1.165) is 23.4 Å². The Morgan fingerprint density at radius 3 is 2.78 bits per heavy atom. The molecule has 1 saturated heterocycles. The van der Waals surface area contributed by atoms with Crippen molar-refractivity contribution in [2.24, 2.45) is 0 Å². The predicted molar refractivity (Wildman–Crippen MR) is 74.6 cm³/mol. The van der Waals surface area contributed by atoms with E-state index in [1.54, 1.807) is 6.07 Å². The van der Waals surface area contributed by atoms with Crippen LogP contribution in [0.3, 0.4) is 0 Å². The van der Waals surface area contributed by atoms with E-state index in [1.807, 2.05) is 13.8 Å². The number of nitrogens with one attached hydrogen (secondary N) is 2. The van der Waals surface area contributed by atoms with E-state index in [4.69, 9.17) is 0 Å². The second kappa shape index (κ2) is 5.69. The van der Waals surface area contributed by atoms with E-state index < -0.39 is 10.0 Å². The first-order valence-corrected chi connectivity index (χ1v) is 8.59. The monoisotopic (exact) mass is 288 g/mol. The molecule has 0 aliphatic carbocycles. The fourth-order valence-corrected chi connectivity index (χ4v) is 4.69. The van der Waals surface area contributed by atoms with Gasteiger partial charge in [0, 0.05) is 17.5 Å². The van der Waals surface area contributed by atoms with Crippen LogP contribution in [-0.4, -0.2) is 27.5 Å². The quantitative estimate of drug-likeness (QED) is 0.888. The van der Waals surface area contributed by atoms with Crippen molar-refractivity contribution in [1.29, 1.82) is 0 Å². The van der Waals surface area contributed by atoms with Crippen molar-refractivity contribution < 1.29 is 8.42 Å². The number of rotatable bonds is 4. The van der Waals surface area contributed by atoms with Crippen molar-refractivity contribution in [3.63, 3.8) is 0 Å². The lowest BCUT2D eigenvalue weighted by molar-refractivity contribution is 0.398. The zero-order valence-electron chi connectivity index (χ0n) is 10.8. The van der Waals surface area contributed by atoms with Crippen molar-refractivity contribution in [2.75, 3.05) is 13.1 Å². The number of hydrogen-bond acceptors (Lipinski definition) is 4. The van der Waals surface area contributed by atoms with Gasteiger partial charge in [0.2, 0.25) is 10.0 Å². The van der Waals surface area contributed by atoms with Crippen LogP contribution in [0, 0.1) is 13.8 Å². The molecule has 6 heteroatoms. The molecule has 0 saturated carbocycles. The smallest absolute Gasteiger partial charge is 0.250 e. The molecule has 0 aromatic carbocycles. The highest BCUT2D eigenvalue weighted by atomic mass is 32.2. The normalized spacial score (nSPS) is 21.1. The molecule has 2 rings (SSSR count). The standard InChI is InChI=1S/C12H20N2O2S2/c1-9-7-12(17-10(9)2)18(15,16)14-8-11-5-3-4-6-13-11/h7,11,13-14H,3-6,8H2,1-2H3/t11-/m1/s1. The van der Waals surface area contributed by atoms with Crippen molar-refractivity contribution >= 4 is 21.4 Å². The van der Waals surface area contributed by atoms with Crippen LogP contribution in [0.15, 0.2) is 10.3 Å². The van der Waals surface area contributed by atoms with Gasteiger partial charge in [-0.15, -0.1) is 11.3 Å². The molecule has 18 heavy (non-hydrogen) atoms. The summed E-state index contributed by atoms with van der Waals surface area (Å²) >= 11 is 1.34. The first kappa shape index (κ1) is 14.0. The number of piperidine rings is 1. The van der Waals surface area contributed by atoms with Crippen molar-refractivity contribution in [3.8, 4) is 0 Å². The van der Waals surface area contributed by atoms with E-state index in [2.05, 4.69) is 10.0 Å². The molecule has 1 aliphatic heterocycles. The Bertz CT molecular complexity index is 483. The van der Waals surface area contributed by atoms with Crippen LogP contribution in [0.1, 0.15) is 29.7 Å². The summed E-state index contributed by atoms with van der Waals surface area (Å²) in [5, 5.41) is 3.34. The second-order valence-electron chi connectivity index (χ2n) is 4.80. The molecule has 0 radical (unpaired) electrons. The lowest BCUT2D eigenvalue weighted by Gasteiger charge is -2.23. The van der Waals surface area contributed by atoms with E-state index in [1.165, 1.54) is 24.2 Å². The Kier molecular flexibility index (Phi) is 4.42. The van der Waals surface area contributed by atoms with Gasteiger partial charge < -0.3 is 5.32 Å². The van der Waals surface area contributed by atoms with Gasteiger partial charge in [-0.2, -0.15) is 0 Å². The molecule has 1 aromatic rings. The molecular weight excluding hydrogens is 268 g/mol. The van der Waals surface area contributed by atoms with Crippen LogP contribution in [0.4, 0.5) is 0 Å². The highest BCUT2D eigenvalue weighted by Crippen LogP contribution is 2.24. The molecule has 0 bridgehead atoms. The van der Waals surface area contributed by atoms with Crippen LogP contribution < -0.4 is 10.0 Å². The Morgan fingerprint density at radius 2 is 2.22 bits per heavy atom. The van der Waals surface area contributed by atoms with Crippen LogP contribution in [-0.2, 0) is 10.0 Å². The van der Waals surface area contributed by atoms with E-state index >= 15 is 0 Å². The summed E-state index contributed by atoms with van der Waals surface area (Å²) in [4.78, 5) is 1.06. The van der Waals surface area contributed by atoms with Crippen LogP contribution >= 0.6 is 11.3 Å². The van der Waals surface area contributed by atoms with Crippen LogP contribution in [0.2, 0.25) is 0 Å². The minimum absolute atomic E-state index is 0.274.